The minimum atomic E-state index is -4.55. The standard InChI is InChI=1S/C22H21NO6S/c1-5-12-15(10-14-19(24)20(25)21(14)29-4)22(2,3)11-17-18(12)13-8-6-7-9-16(13)23(17)30(26,27)28/h6-11H,5H2,1-4H3,(H,26,27,28). The predicted octanol–water partition coefficient (Wildman–Crippen LogP) is 1.36. The van der Waals surface area contributed by atoms with Crippen molar-refractivity contribution in [3.63, 3.8) is 0 Å². The van der Waals surface area contributed by atoms with Gasteiger partial charge in [0.2, 0.25) is 5.43 Å². The second kappa shape index (κ2) is 6.52. The zero-order valence-corrected chi connectivity index (χ0v) is 17.8. The highest BCUT2D eigenvalue weighted by molar-refractivity contribution is 7.84. The van der Waals surface area contributed by atoms with Gasteiger partial charge in [0.25, 0.3) is 5.43 Å². The van der Waals surface area contributed by atoms with Crippen LogP contribution in [0.3, 0.4) is 0 Å². The summed E-state index contributed by atoms with van der Waals surface area (Å²) in [5.41, 5.74) is 0.288. The molecule has 7 nitrogen and oxygen atoms in total. The molecular weight excluding hydrogens is 406 g/mol. The Morgan fingerprint density at radius 3 is 2.43 bits per heavy atom. The van der Waals surface area contributed by atoms with Gasteiger partial charge in [-0.05, 0) is 35.8 Å². The number of hydrogen-bond donors (Lipinski definition) is 1. The molecule has 8 heteroatoms. The molecule has 1 aliphatic carbocycles. The second-order valence-corrected chi connectivity index (χ2v) is 9.14. The lowest BCUT2D eigenvalue weighted by Gasteiger charge is -2.30. The van der Waals surface area contributed by atoms with Crippen LogP contribution in [0.1, 0.15) is 32.8 Å². The van der Waals surface area contributed by atoms with Crippen molar-refractivity contribution in [1.29, 1.82) is 0 Å². The Hall–Kier alpha value is -2.97. The van der Waals surface area contributed by atoms with Gasteiger partial charge in [-0.1, -0.05) is 39.0 Å². The Kier molecular flexibility index (Phi) is 4.41. The number of para-hydroxylation sites is 1. The Balaban J connectivity index is 2.22. The van der Waals surface area contributed by atoms with Crippen LogP contribution in [0.4, 0.5) is 0 Å². The highest BCUT2D eigenvalue weighted by atomic mass is 32.2. The van der Waals surface area contributed by atoms with Crippen LogP contribution in [-0.4, -0.2) is 24.1 Å². The first-order valence-electron chi connectivity index (χ1n) is 9.46. The quantitative estimate of drug-likeness (QED) is 0.498. The predicted molar refractivity (Wildman–Crippen MR) is 116 cm³/mol. The first kappa shape index (κ1) is 20.3. The number of benzene rings is 1. The van der Waals surface area contributed by atoms with Gasteiger partial charge in [0, 0.05) is 16.0 Å². The second-order valence-electron chi connectivity index (χ2n) is 7.88. The lowest BCUT2D eigenvalue weighted by Crippen LogP contribution is -2.41. The highest BCUT2D eigenvalue weighted by Gasteiger charge is 2.32. The summed E-state index contributed by atoms with van der Waals surface area (Å²) in [6.07, 6.45) is 3.98. The minimum absolute atomic E-state index is 0.0323. The fraction of sp³-hybridized carbons (Fsp3) is 0.273. The maximum Gasteiger partial charge on any atom is 0.364 e. The van der Waals surface area contributed by atoms with Crippen LogP contribution in [0.5, 0.6) is 5.75 Å². The molecule has 1 N–H and O–H groups in total. The summed E-state index contributed by atoms with van der Waals surface area (Å²) in [5.74, 6) is 0.0323. The number of allylic oxidation sites excluding steroid dienone is 1. The van der Waals surface area contributed by atoms with Crippen LogP contribution in [0.15, 0.2) is 39.4 Å². The van der Waals surface area contributed by atoms with Crippen LogP contribution in [0.25, 0.3) is 28.6 Å². The summed E-state index contributed by atoms with van der Waals surface area (Å²) >= 11 is 0. The van der Waals surface area contributed by atoms with Crippen molar-refractivity contribution in [2.75, 3.05) is 7.11 Å². The van der Waals surface area contributed by atoms with E-state index in [1.165, 1.54) is 7.11 Å². The van der Waals surface area contributed by atoms with Crippen molar-refractivity contribution in [2.45, 2.75) is 27.2 Å². The van der Waals surface area contributed by atoms with Gasteiger partial charge in [-0.25, -0.2) is 3.97 Å². The molecule has 2 aromatic carbocycles. The third-order valence-corrected chi connectivity index (χ3v) is 6.52. The molecule has 1 aliphatic rings. The van der Waals surface area contributed by atoms with Gasteiger partial charge < -0.3 is 4.74 Å². The van der Waals surface area contributed by atoms with E-state index in [0.29, 0.717) is 27.9 Å². The average molecular weight is 427 g/mol. The summed E-state index contributed by atoms with van der Waals surface area (Å²) in [5, 5.41) is 1.75. The van der Waals surface area contributed by atoms with Crippen molar-refractivity contribution in [1.82, 2.24) is 3.97 Å². The minimum Gasteiger partial charge on any atom is -0.492 e. The molecule has 0 saturated carbocycles. The lowest BCUT2D eigenvalue weighted by molar-refractivity contribution is 0.404. The van der Waals surface area contributed by atoms with E-state index in [2.05, 4.69) is 0 Å². The third kappa shape index (κ3) is 2.71. The molecule has 156 valence electrons. The number of nitrogens with zero attached hydrogens (tertiary/aromatic N) is 1. The van der Waals surface area contributed by atoms with Crippen molar-refractivity contribution in [2.24, 2.45) is 5.41 Å². The van der Waals surface area contributed by atoms with E-state index in [0.717, 1.165) is 15.1 Å². The van der Waals surface area contributed by atoms with Crippen molar-refractivity contribution < 1.29 is 17.7 Å². The summed E-state index contributed by atoms with van der Waals surface area (Å²) in [6.45, 7) is 5.72. The number of methoxy groups -OCH3 is 1. The van der Waals surface area contributed by atoms with E-state index in [9.17, 15) is 22.6 Å². The molecule has 0 aliphatic heterocycles. The number of hydrogen-bond acceptors (Lipinski definition) is 5. The molecule has 0 amide bonds. The van der Waals surface area contributed by atoms with Gasteiger partial charge in [-0.2, -0.15) is 8.42 Å². The molecule has 3 aromatic rings. The highest BCUT2D eigenvalue weighted by Crippen LogP contribution is 2.39. The summed E-state index contributed by atoms with van der Waals surface area (Å²) in [7, 11) is -3.20. The number of fused-ring (bicyclic) bond motifs is 3. The topological polar surface area (TPSA) is 103 Å². The first-order valence-corrected chi connectivity index (χ1v) is 10.9. The van der Waals surface area contributed by atoms with E-state index < -0.39 is 26.6 Å². The molecular formula is C22H21NO6S. The number of aromatic nitrogens is 1. The molecule has 0 spiro atoms. The van der Waals surface area contributed by atoms with Crippen LogP contribution >= 0.6 is 0 Å². The molecule has 0 radical (unpaired) electrons. The summed E-state index contributed by atoms with van der Waals surface area (Å²) < 4.78 is 40.4. The SMILES string of the molecule is CCC1=c2c(n(S(=O)(=O)O)c3ccccc23)=CC(C)(C)C1=Cc1c(OC)c(=O)c1=O. The Labute approximate surface area is 172 Å². The average Bonchev–Trinajstić information content (AvgIpc) is 3.00. The molecule has 0 bridgehead atoms. The molecule has 0 saturated heterocycles. The maximum absolute atomic E-state index is 12.2. The van der Waals surface area contributed by atoms with Crippen LogP contribution in [0, 0.1) is 5.41 Å². The smallest absolute Gasteiger partial charge is 0.364 e. The normalized spacial score (nSPS) is 17.4. The van der Waals surface area contributed by atoms with Crippen molar-refractivity contribution in [3.8, 4) is 5.75 Å². The van der Waals surface area contributed by atoms with E-state index in [1.807, 2.05) is 20.8 Å². The van der Waals surface area contributed by atoms with Gasteiger partial charge in [0.05, 0.1) is 23.5 Å². The summed E-state index contributed by atoms with van der Waals surface area (Å²) in [4.78, 5) is 23.9. The molecule has 0 atom stereocenters. The largest absolute Gasteiger partial charge is 0.492 e. The zero-order valence-electron chi connectivity index (χ0n) is 17.0. The van der Waals surface area contributed by atoms with Gasteiger partial charge in [-0.3, -0.25) is 14.1 Å². The Bertz CT molecular complexity index is 1540. The van der Waals surface area contributed by atoms with E-state index >= 15 is 0 Å². The van der Waals surface area contributed by atoms with Gasteiger partial charge >= 0.3 is 10.3 Å². The monoisotopic (exact) mass is 427 g/mol. The fourth-order valence-corrected chi connectivity index (χ4v) is 5.18. The van der Waals surface area contributed by atoms with E-state index in [1.54, 1.807) is 36.4 Å². The maximum atomic E-state index is 12.2. The molecule has 4 rings (SSSR count). The van der Waals surface area contributed by atoms with Crippen LogP contribution < -0.4 is 26.2 Å². The third-order valence-electron chi connectivity index (χ3n) is 5.66. The molecule has 30 heavy (non-hydrogen) atoms. The Morgan fingerprint density at radius 2 is 1.83 bits per heavy atom. The molecule has 1 aromatic heterocycles. The van der Waals surface area contributed by atoms with Crippen molar-refractivity contribution in [3.05, 3.63) is 66.4 Å². The van der Waals surface area contributed by atoms with E-state index in [-0.39, 0.29) is 11.3 Å². The number of ether oxygens (including phenoxy) is 1. The molecule has 0 fully saturated rings. The van der Waals surface area contributed by atoms with E-state index in [4.69, 9.17) is 4.74 Å². The Morgan fingerprint density at radius 1 is 1.17 bits per heavy atom. The number of rotatable bonds is 4. The van der Waals surface area contributed by atoms with Crippen LogP contribution in [-0.2, 0) is 10.3 Å². The van der Waals surface area contributed by atoms with Gasteiger partial charge in [-0.15, -0.1) is 0 Å². The van der Waals surface area contributed by atoms with Crippen LogP contribution in [0.2, 0.25) is 0 Å². The molecule has 1 heterocycles. The lowest BCUT2D eigenvalue weighted by atomic mass is 9.74. The fourth-order valence-electron chi connectivity index (χ4n) is 4.38. The zero-order chi connectivity index (χ0) is 22.0. The van der Waals surface area contributed by atoms with Gasteiger partial charge in [0.1, 0.15) is 0 Å². The summed E-state index contributed by atoms with van der Waals surface area (Å²) in [6, 6.07) is 6.94. The molecule has 0 unspecified atom stereocenters. The van der Waals surface area contributed by atoms with Crippen molar-refractivity contribution >= 4 is 38.9 Å². The van der Waals surface area contributed by atoms with Gasteiger partial charge in [0.15, 0.2) is 5.75 Å². The first-order chi connectivity index (χ1) is 14.0.